The first-order valence-corrected chi connectivity index (χ1v) is 8.80. The molecule has 0 saturated heterocycles. The topological polar surface area (TPSA) is 47.0 Å². The molecule has 0 aliphatic rings. The zero-order valence-electron chi connectivity index (χ0n) is 12.9. The standard InChI is InChI=1S/C17H15Cl2N3OS/c1-23-13-4-2-3-11(7-13)9-16-21-17(24-22-16)20-10-12-5-6-14(18)15(19)8-12/h2-8H,9-10H2,1H3,(H,20,21,22). The zero-order valence-corrected chi connectivity index (χ0v) is 15.3. The predicted molar refractivity (Wildman–Crippen MR) is 99.5 cm³/mol. The molecule has 0 atom stereocenters. The van der Waals surface area contributed by atoms with Gasteiger partial charge < -0.3 is 10.1 Å². The summed E-state index contributed by atoms with van der Waals surface area (Å²) in [7, 11) is 1.66. The molecule has 3 aromatic rings. The summed E-state index contributed by atoms with van der Waals surface area (Å²) in [6.45, 7) is 0.616. The molecule has 0 saturated carbocycles. The maximum Gasteiger partial charge on any atom is 0.202 e. The first kappa shape index (κ1) is 17.0. The summed E-state index contributed by atoms with van der Waals surface area (Å²) in [4.78, 5) is 4.51. The number of hydrogen-bond donors (Lipinski definition) is 1. The zero-order chi connectivity index (χ0) is 16.9. The van der Waals surface area contributed by atoms with Gasteiger partial charge in [0.15, 0.2) is 0 Å². The van der Waals surface area contributed by atoms with Gasteiger partial charge in [0.2, 0.25) is 5.13 Å². The molecule has 0 amide bonds. The van der Waals surface area contributed by atoms with E-state index in [1.54, 1.807) is 13.2 Å². The molecule has 0 aliphatic heterocycles. The van der Waals surface area contributed by atoms with Crippen molar-refractivity contribution in [1.29, 1.82) is 0 Å². The highest BCUT2D eigenvalue weighted by atomic mass is 35.5. The number of methoxy groups -OCH3 is 1. The summed E-state index contributed by atoms with van der Waals surface area (Å²) < 4.78 is 9.62. The van der Waals surface area contributed by atoms with Gasteiger partial charge in [-0.25, -0.2) is 4.98 Å². The number of hydrogen-bond acceptors (Lipinski definition) is 5. The van der Waals surface area contributed by atoms with Crippen molar-refractivity contribution >= 4 is 39.9 Å². The van der Waals surface area contributed by atoms with Gasteiger partial charge in [-0.05, 0) is 35.4 Å². The van der Waals surface area contributed by atoms with Crippen LogP contribution in [0.4, 0.5) is 5.13 Å². The van der Waals surface area contributed by atoms with E-state index in [-0.39, 0.29) is 0 Å². The third-order valence-electron chi connectivity index (χ3n) is 3.39. The van der Waals surface area contributed by atoms with Crippen LogP contribution in [-0.2, 0) is 13.0 Å². The maximum absolute atomic E-state index is 6.02. The number of rotatable bonds is 6. The lowest BCUT2D eigenvalue weighted by atomic mass is 10.1. The lowest BCUT2D eigenvalue weighted by Gasteiger charge is -2.04. The highest BCUT2D eigenvalue weighted by Crippen LogP contribution is 2.23. The van der Waals surface area contributed by atoms with E-state index in [2.05, 4.69) is 14.7 Å². The lowest BCUT2D eigenvalue weighted by Crippen LogP contribution is -1.99. The van der Waals surface area contributed by atoms with E-state index in [0.717, 1.165) is 27.8 Å². The van der Waals surface area contributed by atoms with Crippen LogP contribution >= 0.6 is 34.7 Å². The van der Waals surface area contributed by atoms with E-state index in [4.69, 9.17) is 27.9 Å². The molecule has 4 nitrogen and oxygen atoms in total. The van der Waals surface area contributed by atoms with E-state index in [0.29, 0.717) is 23.0 Å². The van der Waals surface area contributed by atoms with E-state index in [9.17, 15) is 0 Å². The normalized spacial score (nSPS) is 10.6. The van der Waals surface area contributed by atoms with Crippen molar-refractivity contribution in [2.75, 3.05) is 12.4 Å². The minimum absolute atomic E-state index is 0.548. The van der Waals surface area contributed by atoms with Crippen LogP contribution in [0, 0.1) is 0 Å². The van der Waals surface area contributed by atoms with Crippen molar-refractivity contribution in [3.05, 3.63) is 69.5 Å². The highest BCUT2D eigenvalue weighted by molar-refractivity contribution is 7.09. The second-order valence-corrected chi connectivity index (χ2v) is 6.71. The van der Waals surface area contributed by atoms with Crippen LogP contribution in [0.1, 0.15) is 17.0 Å². The minimum atomic E-state index is 0.548. The van der Waals surface area contributed by atoms with Crippen LogP contribution in [0.5, 0.6) is 5.75 Å². The molecule has 0 spiro atoms. The molecule has 0 radical (unpaired) electrons. The van der Waals surface area contributed by atoms with Gasteiger partial charge in [-0.2, -0.15) is 4.37 Å². The van der Waals surface area contributed by atoms with Crippen LogP contribution in [0.15, 0.2) is 42.5 Å². The molecular weight excluding hydrogens is 365 g/mol. The van der Waals surface area contributed by atoms with Gasteiger partial charge >= 0.3 is 0 Å². The molecule has 3 rings (SSSR count). The second kappa shape index (κ2) is 7.83. The summed E-state index contributed by atoms with van der Waals surface area (Å²) in [5.74, 6) is 1.62. The summed E-state index contributed by atoms with van der Waals surface area (Å²) in [5, 5.41) is 5.13. The van der Waals surface area contributed by atoms with Crippen LogP contribution in [0.2, 0.25) is 10.0 Å². The lowest BCUT2D eigenvalue weighted by molar-refractivity contribution is 0.414. The van der Waals surface area contributed by atoms with E-state index in [1.165, 1.54) is 11.5 Å². The first-order valence-electron chi connectivity index (χ1n) is 7.27. The van der Waals surface area contributed by atoms with Crippen molar-refractivity contribution in [2.24, 2.45) is 0 Å². The van der Waals surface area contributed by atoms with E-state index < -0.39 is 0 Å². The molecule has 0 bridgehead atoms. The highest BCUT2D eigenvalue weighted by Gasteiger charge is 2.06. The third-order valence-corrected chi connectivity index (χ3v) is 4.84. The molecule has 2 aromatic carbocycles. The van der Waals surface area contributed by atoms with Gasteiger partial charge in [0.1, 0.15) is 11.6 Å². The Bertz CT molecular complexity index is 838. The van der Waals surface area contributed by atoms with E-state index in [1.807, 2.05) is 36.4 Å². The van der Waals surface area contributed by atoms with Gasteiger partial charge in [0.25, 0.3) is 0 Å². The second-order valence-electron chi connectivity index (χ2n) is 5.15. The van der Waals surface area contributed by atoms with Gasteiger partial charge in [-0.3, -0.25) is 0 Å². The Labute approximate surface area is 154 Å². The molecule has 0 fully saturated rings. The minimum Gasteiger partial charge on any atom is -0.497 e. The summed E-state index contributed by atoms with van der Waals surface area (Å²) in [5.41, 5.74) is 2.15. The first-order chi connectivity index (χ1) is 11.6. The predicted octanol–water partition coefficient (Wildman–Crippen LogP) is 5.06. The van der Waals surface area contributed by atoms with Crippen molar-refractivity contribution in [1.82, 2.24) is 9.36 Å². The van der Waals surface area contributed by atoms with Crippen LogP contribution in [-0.4, -0.2) is 16.5 Å². The number of ether oxygens (including phenoxy) is 1. The number of nitrogens with one attached hydrogen (secondary N) is 1. The fourth-order valence-corrected chi connectivity index (χ4v) is 3.09. The van der Waals surface area contributed by atoms with Crippen LogP contribution < -0.4 is 10.1 Å². The monoisotopic (exact) mass is 379 g/mol. The Kier molecular flexibility index (Phi) is 5.56. The number of halogens is 2. The Morgan fingerprint density at radius 1 is 1.08 bits per heavy atom. The van der Waals surface area contributed by atoms with Gasteiger partial charge in [0, 0.05) is 24.5 Å². The average Bonchev–Trinajstić information content (AvgIpc) is 3.03. The Balaban J connectivity index is 1.61. The summed E-state index contributed by atoms with van der Waals surface area (Å²) in [6, 6.07) is 13.5. The summed E-state index contributed by atoms with van der Waals surface area (Å²) in [6.07, 6.45) is 0.669. The molecule has 124 valence electrons. The largest absolute Gasteiger partial charge is 0.497 e. The molecule has 1 aromatic heterocycles. The smallest absolute Gasteiger partial charge is 0.202 e. The van der Waals surface area contributed by atoms with Crippen LogP contribution in [0.25, 0.3) is 0 Å². The molecule has 0 aliphatic carbocycles. The molecule has 0 unspecified atom stereocenters. The number of aromatic nitrogens is 2. The molecule has 1 N–H and O–H groups in total. The fraction of sp³-hybridized carbons (Fsp3) is 0.176. The molecule has 1 heterocycles. The SMILES string of the molecule is COc1cccc(Cc2nsc(NCc3ccc(Cl)c(Cl)c3)n2)c1. The van der Waals surface area contributed by atoms with Crippen molar-refractivity contribution in [3.8, 4) is 5.75 Å². The maximum atomic E-state index is 6.02. The van der Waals surface area contributed by atoms with Gasteiger partial charge in [-0.1, -0.05) is 41.4 Å². The van der Waals surface area contributed by atoms with Crippen molar-refractivity contribution in [3.63, 3.8) is 0 Å². The average molecular weight is 380 g/mol. The van der Waals surface area contributed by atoms with Gasteiger partial charge in [-0.15, -0.1) is 0 Å². The van der Waals surface area contributed by atoms with E-state index >= 15 is 0 Å². The molecule has 24 heavy (non-hydrogen) atoms. The Morgan fingerprint density at radius 3 is 2.75 bits per heavy atom. The number of nitrogens with zero attached hydrogens (tertiary/aromatic N) is 2. The van der Waals surface area contributed by atoms with Crippen molar-refractivity contribution in [2.45, 2.75) is 13.0 Å². The number of benzene rings is 2. The summed E-state index contributed by atoms with van der Waals surface area (Å²) >= 11 is 13.3. The quantitative estimate of drug-likeness (QED) is 0.650. The fourth-order valence-electron chi connectivity index (χ4n) is 2.19. The Morgan fingerprint density at radius 2 is 1.96 bits per heavy atom. The molecular formula is C17H15Cl2N3OS. The third kappa shape index (κ3) is 4.38. The molecule has 7 heteroatoms. The van der Waals surface area contributed by atoms with Crippen molar-refractivity contribution < 1.29 is 4.74 Å². The Hall–Kier alpha value is -1.82. The number of anilines is 1. The van der Waals surface area contributed by atoms with Gasteiger partial charge in [0.05, 0.1) is 17.2 Å². The van der Waals surface area contributed by atoms with Crippen LogP contribution in [0.3, 0.4) is 0 Å².